The molecule has 2 aromatic rings. The topological polar surface area (TPSA) is 104 Å². The smallest absolute Gasteiger partial charge is 0.407 e. The first kappa shape index (κ1) is 17.8. The van der Waals surface area contributed by atoms with E-state index in [1.54, 1.807) is 19.3 Å². The van der Waals surface area contributed by atoms with E-state index in [9.17, 15) is 14.7 Å². The van der Waals surface area contributed by atoms with Crippen LogP contribution in [-0.4, -0.2) is 61.3 Å². The first-order valence-corrected chi connectivity index (χ1v) is 8.60. The Morgan fingerprint density at radius 3 is 2.88 bits per heavy atom. The molecule has 2 aromatic heterocycles. The molecular formula is C17H22N6O3. The highest BCUT2D eigenvalue weighted by Crippen LogP contribution is 2.21. The molecule has 0 bridgehead atoms. The van der Waals surface area contributed by atoms with Gasteiger partial charge in [0.05, 0.1) is 17.4 Å². The van der Waals surface area contributed by atoms with Crippen molar-refractivity contribution >= 4 is 12.0 Å². The van der Waals surface area contributed by atoms with Crippen LogP contribution in [0.3, 0.4) is 0 Å². The Hall–Kier alpha value is -2.97. The molecule has 1 amide bonds. The molecule has 1 aliphatic heterocycles. The van der Waals surface area contributed by atoms with Crippen LogP contribution in [0.1, 0.15) is 19.8 Å². The molecule has 0 aliphatic carbocycles. The quantitative estimate of drug-likeness (QED) is 0.856. The molecule has 1 aliphatic rings. The number of aromatic nitrogens is 4. The van der Waals surface area contributed by atoms with Crippen LogP contribution in [0, 0.1) is 0 Å². The van der Waals surface area contributed by atoms with Gasteiger partial charge in [0, 0.05) is 38.9 Å². The summed E-state index contributed by atoms with van der Waals surface area (Å²) >= 11 is 0. The molecule has 138 valence electrons. The van der Waals surface area contributed by atoms with Gasteiger partial charge in [0.25, 0.3) is 5.56 Å². The van der Waals surface area contributed by atoms with E-state index >= 15 is 0 Å². The van der Waals surface area contributed by atoms with Crippen molar-refractivity contribution in [3.8, 4) is 11.4 Å². The van der Waals surface area contributed by atoms with Gasteiger partial charge in [0.15, 0.2) is 0 Å². The Morgan fingerprint density at radius 1 is 1.42 bits per heavy atom. The summed E-state index contributed by atoms with van der Waals surface area (Å²) in [6, 6.07) is 3.04. The van der Waals surface area contributed by atoms with Crippen molar-refractivity contribution in [3.63, 3.8) is 0 Å². The zero-order chi connectivity index (χ0) is 18.7. The predicted molar refractivity (Wildman–Crippen MR) is 96.1 cm³/mol. The number of carbonyl (C=O) groups is 1. The summed E-state index contributed by atoms with van der Waals surface area (Å²) < 4.78 is 1.48. The molecule has 9 nitrogen and oxygen atoms in total. The summed E-state index contributed by atoms with van der Waals surface area (Å²) in [7, 11) is 1.67. The lowest BCUT2D eigenvalue weighted by molar-refractivity contribution is 0.141. The van der Waals surface area contributed by atoms with E-state index in [2.05, 4.69) is 15.0 Å². The van der Waals surface area contributed by atoms with Crippen LogP contribution in [-0.2, 0) is 7.05 Å². The molecule has 0 radical (unpaired) electrons. The third kappa shape index (κ3) is 3.51. The van der Waals surface area contributed by atoms with E-state index in [1.807, 2.05) is 11.8 Å². The van der Waals surface area contributed by atoms with Gasteiger partial charge in [-0.05, 0) is 25.8 Å². The molecule has 3 rings (SSSR count). The minimum atomic E-state index is -0.903. The zero-order valence-corrected chi connectivity index (χ0v) is 14.9. The van der Waals surface area contributed by atoms with Crippen LogP contribution in [0.4, 0.5) is 10.7 Å². The molecule has 1 saturated heterocycles. The maximum Gasteiger partial charge on any atom is 0.407 e. The summed E-state index contributed by atoms with van der Waals surface area (Å²) in [6.07, 6.45) is 3.77. The fourth-order valence-electron chi connectivity index (χ4n) is 3.27. The maximum absolute atomic E-state index is 12.4. The molecule has 9 heteroatoms. The number of amides is 1. The Kier molecular flexibility index (Phi) is 5.15. The van der Waals surface area contributed by atoms with E-state index in [4.69, 9.17) is 0 Å². The van der Waals surface area contributed by atoms with Gasteiger partial charge in [0.2, 0.25) is 5.95 Å². The van der Waals surface area contributed by atoms with Gasteiger partial charge in [-0.2, -0.15) is 0 Å². The van der Waals surface area contributed by atoms with E-state index in [0.717, 1.165) is 12.8 Å². The Morgan fingerprint density at radius 2 is 2.23 bits per heavy atom. The van der Waals surface area contributed by atoms with Crippen LogP contribution in [0.25, 0.3) is 11.4 Å². The monoisotopic (exact) mass is 358 g/mol. The first-order valence-electron chi connectivity index (χ1n) is 8.60. The average Bonchev–Trinajstić information content (AvgIpc) is 3.11. The van der Waals surface area contributed by atoms with Crippen LogP contribution in [0.2, 0.25) is 0 Å². The van der Waals surface area contributed by atoms with E-state index in [-0.39, 0.29) is 11.6 Å². The molecule has 0 spiro atoms. The highest BCUT2D eigenvalue weighted by atomic mass is 16.4. The molecule has 3 heterocycles. The van der Waals surface area contributed by atoms with Gasteiger partial charge >= 0.3 is 6.09 Å². The summed E-state index contributed by atoms with van der Waals surface area (Å²) in [6.45, 7) is 3.61. The summed E-state index contributed by atoms with van der Waals surface area (Å²) in [5.74, 6) is 0.505. The number of rotatable bonds is 5. The highest BCUT2D eigenvalue weighted by molar-refractivity contribution is 5.66. The second-order valence-electron chi connectivity index (χ2n) is 6.24. The van der Waals surface area contributed by atoms with Crippen molar-refractivity contribution < 1.29 is 9.90 Å². The van der Waals surface area contributed by atoms with Crippen molar-refractivity contribution in [2.45, 2.75) is 25.8 Å². The number of anilines is 1. The fourth-order valence-corrected chi connectivity index (χ4v) is 3.27. The Bertz CT molecular complexity index is 838. The van der Waals surface area contributed by atoms with E-state index in [1.165, 1.54) is 21.9 Å². The fraction of sp³-hybridized carbons (Fsp3) is 0.471. The standard InChI is InChI=1S/C17H22N6O3/c1-3-22(10-12-5-4-8-23(12)17(25)26)16-20-14(9-15(24)21(16)2)13-6-7-18-11-19-13/h6-7,9,11-12H,3-5,8,10H2,1-2H3,(H,25,26)/t12-/m0/s1. The number of likely N-dealkylation sites (tertiary alicyclic amines) is 1. The van der Waals surface area contributed by atoms with Gasteiger partial charge in [-0.25, -0.2) is 19.7 Å². The Labute approximate surface area is 150 Å². The van der Waals surface area contributed by atoms with Crippen molar-refractivity contribution in [2.24, 2.45) is 7.05 Å². The van der Waals surface area contributed by atoms with Crippen LogP contribution >= 0.6 is 0 Å². The summed E-state index contributed by atoms with van der Waals surface area (Å²) in [5.41, 5.74) is 0.858. The molecule has 1 atom stereocenters. The van der Waals surface area contributed by atoms with Crippen LogP contribution in [0.15, 0.2) is 29.5 Å². The summed E-state index contributed by atoms with van der Waals surface area (Å²) in [5, 5.41) is 9.35. The summed E-state index contributed by atoms with van der Waals surface area (Å²) in [4.78, 5) is 39.9. The lowest BCUT2D eigenvalue weighted by Crippen LogP contribution is -2.44. The number of carboxylic acid groups (broad SMARTS) is 1. The zero-order valence-electron chi connectivity index (χ0n) is 14.9. The average molecular weight is 358 g/mol. The normalized spacial score (nSPS) is 16.7. The number of likely N-dealkylation sites (N-methyl/N-ethyl adjacent to an activating group) is 1. The first-order chi connectivity index (χ1) is 12.5. The molecule has 1 N–H and O–H groups in total. The third-order valence-electron chi connectivity index (χ3n) is 4.67. The number of nitrogens with zero attached hydrogens (tertiary/aromatic N) is 6. The van der Waals surface area contributed by atoms with Gasteiger partial charge in [-0.15, -0.1) is 0 Å². The number of hydrogen-bond donors (Lipinski definition) is 1. The molecular weight excluding hydrogens is 336 g/mol. The second kappa shape index (κ2) is 7.51. The van der Waals surface area contributed by atoms with Gasteiger partial charge < -0.3 is 14.9 Å². The second-order valence-corrected chi connectivity index (χ2v) is 6.24. The minimum absolute atomic E-state index is 0.105. The lowest BCUT2D eigenvalue weighted by atomic mass is 10.2. The van der Waals surface area contributed by atoms with Gasteiger partial charge in [-0.1, -0.05) is 0 Å². The van der Waals surface area contributed by atoms with Crippen molar-refractivity contribution in [1.82, 2.24) is 24.4 Å². The highest BCUT2D eigenvalue weighted by Gasteiger charge is 2.30. The number of hydrogen-bond acceptors (Lipinski definition) is 6. The maximum atomic E-state index is 12.4. The van der Waals surface area contributed by atoms with Crippen molar-refractivity contribution in [1.29, 1.82) is 0 Å². The van der Waals surface area contributed by atoms with Gasteiger partial charge in [0.1, 0.15) is 6.33 Å². The molecule has 1 fully saturated rings. The molecule has 0 saturated carbocycles. The minimum Gasteiger partial charge on any atom is -0.465 e. The molecule has 0 aromatic carbocycles. The third-order valence-corrected chi connectivity index (χ3v) is 4.67. The molecule has 26 heavy (non-hydrogen) atoms. The SMILES string of the molecule is CCN(C[C@@H]1CCCN1C(=O)O)c1nc(-c2ccncn2)cc(=O)n1C. The largest absolute Gasteiger partial charge is 0.465 e. The van der Waals surface area contributed by atoms with E-state index in [0.29, 0.717) is 37.0 Å². The van der Waals surface area contributed by atoms with E-state index < -0.39 is 6.09 Å². The van der Waals surface area contributed by atoms with Crippen molar-refractivity contribution in [2.75, 3.05) is 24.5 Å². The Balaban J connectivity index is 1.94. The lowest BCUT2D eigenvalue weighted by Gasteiger charge is -2.30. The molecule has 0 unspecified atom stereocenters. The predicted octanol–water partition coefficient (Wildman–Crippen LogP) is 1.21. The van der Waals surface area contributed by atoms with Crippen molar-refractivity contribution in [3.05, 3.63) is 35.0 Å². The van der Waals surface area contributed by atoms with Gasteiger partial charge in [-0.3, -0.25) is 9.36 Å². The van der Waals surface area contributed by atoms with Crippen LogP contribution < -0.4 is 10.5 Å². The van der Waals surface area contributed by atoms with Crippen LogP contribution in [0.5, 0.6) is 0 Å².